The summed E-state index contributed by atoms with van der Waals surface area (Å²) in [6, 6.07) is 0. The van der Waals surface area contributed by atoms with Gasteiger partial charge in [0.15, 0.2) is 6.29 Å². The van der Waals surface area contributed by atoms with E-state index in [4.69, 9.17) is 0 Å². The molecule has 16 heavy (non-hydrogen) atoms. The molecule has 0 saturated carbocycles. The zero-order chi connectivity index (χ0) is 11.4. The SMILES string of the molecule is CCN1CCN(Cc2ncc(C=O)s2)CC1. The molecule has 5 heteroatoms. The summed E-state index contributed by atoms with van der Waals surface area (Å²) in [6.07, 6.45) is 2.53. The normalized spacial score (nSPS) is 18.8. The molecule has 0 radical (unpaired) electrons. The van der Waals surface area contributed by atoms with E-state index in [1.54, 1.807) is 6.20 Å². The Morgan fingerprint density at radius 3 is 2.62 bits per heavy atom. The number of rotatable bonds is 4. The monoisotopic (exact) mass is 239 g/mol. The molecule has 1 saturated heterocycles. The number of aromatic nitrogens is 1. The fourth-order valence-corrected chi connectivity index (χ4v) is 2.68. The van der Waals surface area contributed by atoms with Gasteiger partial charge in [0.05, 0.1) is 11.4 Å². The maximum Gasteiger partial charge on any atom is 0.161 e. The number of nitrogens with zero attached hydrogens (tertiary/aromatic N) is 3. The van der Waals surface area contributed by atoms with Crippen molar-refractivity contribution in [2.45, 2.75) is 13.5 Å². The number of aldehydes is 1. The minimum Gasteiger partial charge on any atom is -0.301 e. The van der Waals surface area contributed by atoms with Crippen LogP contribution in [-0.2, 0) is 6.54 Å². The Hall–Kier alpha value is -0.780. The van der Waals surface area contributed by atoms with Crippen LogP contribution in [0.2, 0.25) is 0 Å². The predicted octanol–water partition coefficient (Wildman–Crippen LogP) is 1.09. The first-order chi connectivity index (χ1) is 7.81. The van der Waals surface area contributed by atoms with Crippen LogP contribution >= 0.6 is 11.3 Å². The first kappa shape index (κ1) is 11.7. The van der Waals surface area contributed by atoms with Crippen LogP contribution in [0.1, 0.15) is 21.6 Å². The zero-order valence-electron chi connectivity index (χ0n) is 9.56. The van der Waals surface area contributed by atoms with Gasteiger partial charge in [-0.3, -0.25) is 9.69 Å². The van der Waals surface area contributed by atoms with E-state index in [9.17, 15) is 4.79 Å². The average Bonchev–Trinajstić information content (AvgIpc) is 2.78. The van der Waals surface area contributed by atoms with E-state index < -0.39 is 0 Å². The highest BCUT2D eigenvalue weighted by molar-refractivity contribution is 7.13. The van der Waals surface area contributed by atoms with Gasteiger partial charge in [0.2, 0.25) is 0 Å². The van der Waals surface area contributed by atoms with E-state index in [1.807, 2.05) is 0 Å². The third-order valence-corrected chi connectivity index (χ3v) is 3.87. The number of likely N-dealkylation sites (N-methyl/N-ethyl adjacent to an activating group) is 1. The van der Waals surface area contributed by atoms with Crippen LogP contribution < -0.4 is 0 Å². The lowest BCUT2D eigenvalue weighted by Gasteiger charge is -2.33. The first-order valence-electron chi connectivity index (χ1n) is 5.66. The summed E-state index contributed by atoms with van der Waals surface area (Å²) in [7, 11) is 0. The van der Waals surface area contributed by atoms with Crippen molar-refractivity contribution in [3.05, 3.63) is 16.1 Å². The van der Waals surface area contributed by atoms with Crippen LogP contribution in [0.15, 0.2) is 6.20 Å². The van der Waals surface area contributed by atoms with Crippen molar-refractivity contribution >= 4 is 17.6 Å². The van der Waals surface area contributed by atoms with Gasteiger partial charge < -0.3 is 4.90 Å². The second kappa shape index (κ2) is 5.52. The molecule has 1 aromatic rings. The van der Waals surface area contributed by atoms with Crippen molar-refractivity contribution in [2.75, 3.05) is 32.7 Å². The molecule has 1 aliphatic heterocycles. The number of carbonyl (C=O) groups is 1. The van der Waals surface area contributed by atoms with Crippen molar-refractivity contribution in [2.24, 2.45) is 0 Å². The highest BCUT2D eigenvalue weighted by atomic mass is 32.1. The second-order valence-electron chi connectivity index (χ2n) is 3.98. The Kier molecular flexibility index (Phi) is 4.04. The van der Waals surface area contributed by atoms with Crippen LogP contribution in [0.4, 0.5) is 0 Å². The van der Waals surface area contributed by atoms with Gasteiger partial charge in [-0.05, 0) is 6.54 Å². The van der Waals surface area contributed by atoms with Crippen LogP contribution in [-0.4, -0.2) is 53.8 Å². The number of hydrogen-bond acceptors (Lipinski definition) is 5. The molecule has 0 amide bonds. The molecule has 1 aromatic heterocycles. The molecule has 1 fully saturated rings. The van der Waals surface area contributed by atoms with Gasteiger partial charge >= 0.3 is 0 Å². The van der Waals surface area contributed by atoms with Crippen molar-refractivity contribution in [3.63, 3.8) is 0 Å². The maximum absolute atomic E-state index is 10.5. The molecular formula is C11H17N3OS. The molecule has 88 valence electrons. The summed E-state index contributed by atoms with van der Waals surface area (Å²) < 4.78 is 0. The molecule has 0 atom stereocenters. The van der Waals surface area contributed by atoms with Gasteiger partial charge in [-0.25, -0.2) is 4.98 Å². The molecule has 1 aliphatic rings. The van der Waals surface area contributed by atoms with Crippen molar-refractivity contribution < 1.29 is 4.79 Å². The lowest BCUT2D eigenvalue weighted by Crippen LogP contribution is -2.45. The summed E-state index contributed by atoms with van der Waals surface area (Å²) >= 11 is 1.50. The molecule has 0 aromatic carbocycles. The largest absolute Gasteiger partial charge is 0.301 e. The Labute approximate surface area is 99.9 Å². The standard InChI is InChI=1S/C11H17N3OS/c1-2-13-3-5-14(6-4-13)8-11-12-7-10(9-15)16-11/h7,9H,2-6,8H2,1H3. The number of carbonyl (C=O) groups excluding carboxylic acids is 1. The van der Waals surface area contributed by atoms with Crippen LogP contribution in [0.25, 0.3) is 0 Å². The topological polar surface area (TPSA) is 36.4 Å². The van der Waals surface area contributed by atoms with Gasteiger partial charge in [0.1, 0.15) is 5.01 Å². The van der Waals surface area contributed by atoms with Crippen LogP contribution in [0.5, 0.6) is 0 Å². The van der Waals surface area contributed by atoms with Crippen molar-refractivity contribution in [1.29, 1.82) is 0 Å². The summed E-state index contributed by atoms with van der Waals surface area (Å²) in [5, 5.41) is 1.05. The molecular weight excluding hydrogens is 222 g/mol. The smallest absolute Gasteiger partial charge is 0.161 e. The van der Waals surface area contributed by atoms with E-state index in [2.05, 4.69) is 21.7 Å². The lowest BCUT2D eigenvalue weighted by atomic mass is 10.3. The quantitative estimate of drug-likeness (QED) is 0.737. The van der Waals surface area contributed by atoms with Crippen molar-refractivity contribution in [3.8, 4) is 0 Å². The van der Waals surface area contributed by atoms with Gasteiger partial charge in [-0.15, -0.1) is 11.3 Å². The Morgan fingerprint density at radius 2 is 2.06 bits per heavy atom. The molecule has 4 nitrogen and oxygen atoms in total. The molecule has 0 aliphatic carbocycles. The Balaban J connectivity index is 1.84. The van der Waals surface area contributed by atoms with Gasteiger partial charge in [0.25, 0.3) is 0 Å². The predicted molar refractivity (Wildman–Crippen MR) is 64.9 cm³/mol. The highest BCUT2D eigenvalue weighted by Gasteiger charge is 2.16. The summed E-state index contributed by atoms with van der Waals surface area (Å²) in [4.78, 5) is 20.4. The minimum atomic E-state index is 0.724. The first-order valence-corrected chi connectivity index (χ1v) is 6.48. The van der Waals surface area contributed by atoms with Crippen molar-refractivity contribution in [1.82, 2.24) is 14.8 Å². The van der Waals surface area contributed by atoms with E-state index in [0.717, 1.165) is 55.4 Å². The number of piperazine rings is 1. The third kappa shape index (κ3) is 2.87. The molecule has 0 spiro atoms. The number of hydrogen-bond donors (Lipinski definition) is 0. The fourth-order valence-electron chi connectivity index (χ4n) is 1.91. The van der Waals surface area contributed by atoms with E-state index in [-0.39, 0.29) is 0 Å². The van der Waals surface area contributed by atoms with Gasteiger partial charge in [-0.1, -0.05) is 6.92 Å². The summed E-state index contributed by atoms with van der Waals surface area (Å²) in [5.74, 6) is 0. The Bertz CT molecular complexity index is 345. The molecule has 2 rings (SSSR count). The molecule has 0 N–H and O–H groups in total. The molecule has 0 bridgehead atoms. The van der Waals surface area contributed by atoms with E-state index in [0.29, 0.717) is 0 Å². The average molecular weight is 239 g/mol. The zero-order valence-corrected chi connectivity index (χ0v) is 10.4. The number of thiazole rings is 1. The lowest BCUT2D eigenvalue weighted by molar-refractivity contribution is 0.112. The van der Waals surface area contributed by atoms with Gasteiger partial charge in [-0.2, -0.15) is 0 Å². The maximum atomic E-state index is 10.5. The second-order valence-corrected chi connectivity index (χ2v) is 5.13. The Morgan fingerprint density at radius 1 is 1.38 bits per heavy atom. The summed E-state index contributed by atoms with van der Waals surface area (Å²) in [6.45, 7) is 8.71. The fraction of sp³-hybridized carbons (Fsp3) is 0.636. The van der Waals surface area contributed by atoms with E-state index >= 15 is 0 Å². The van der Waals surface area contributed by atoms with E-state index in [1.165, 1.54) is 11.3 Å². The minimum absolute atomic E-state index is 0.724. The van der Waals surface area contributed by atoms with Crippen LogP contribution in [0, 0.1) is 0 Å². The molecule has 2 heterocycles. The third-order valence-electron chi connectivity index (χ3n) is 2.96. The molecule has 0 unspecified atom stereocenters. The van der Waals surface area contributed by atoms with Crippen LogP contribution in [0.3, 0.4) is 0 Å². The van der Waals surface area contributed by atoms with Gasteiger partial charge in [0, 0.05) is 32.4 Å². The summed E-state index contributed by atoms with van der Waals surface area (Å²) in [5.41, 5.74) is 0. The highest BCUT2D eigenvalue weighted by Crippen LogP contribution is 2.14.